The van der Waals surface area contributed by atoms with Crippen LogP contribution in [0.4, 0.5) is 5.69 Å². The number of benzene rings is 1. The topological polar surface area (TPSA) is 86.7 Å². The van der Waals surface area contributed by atoms with Crippen LogP contribution in [0.25, 0.3) is 0 Å². The average Bonchev–Trinajstić information content (AvgIpc) is 2.55. The number of carbonyl (C=O) groups excluding carboxylic acids is 2. The van der Waals surface area contributed by atoms with Gasteiger partial charge in [-0.3, -0.25) is 14.4 Å². The maximum atomic E-state index is 12.7. The summed E-state index contributed by atoms with van der Waals surface area (Å²) in [4.78, 5) is 37.2. The van der Waals surface area contributed by atoms with E-state index in [9.17, 15) is 14.4 Å². The fourth-order valence-electron chi connectivity index (χ4n) is 2.86. The smallest absolute Gasteiger partial charge is 0.315 e. The van der Waals surface area contributed by atoms with Crippen LogP contribution in [0.3, 0.4) is 0 Å². The molecule has 1 aliphatic rings. The van der Waals surface area contributed by atoms with Gasteiger partial charge in [0.15, 0.2) is 0 Å². The normalized spacial score (nSPS) is 18.8. The van der Waals surface area contributed by atoms with Gasteiger partial charge in [0.05, 0.1) is 0 Å². The van der Waals surface area contributed by atoms with Gasteiger partial charge in [0.25, 0.3) is 5.91 Å². The van der Waals surface area contributed by atoms with Gasteiger partial charge in [0, 0.05) is 23.8 Å². The Morgan fingerprint density at radius 1 is 1.29 bits per heavy atom. The Kier molecular flexibility index (Phi) is 5.59. The number of aryl methyl sites for hydroxylation is 1. The highest BCUT2D eigenvalue weighted by Crippen LogP contribution is 2.22. The molecule has 1 aromatic carbocycles. The zero-order valence-electron chi connectivity index (χ0n) is 14.3. The summed E-state index contributed by atoms with van der Waals surface area (Å²) in [6, 6.07) is 5.31. The van der Waals surface area contributed by atoms with E-state index in [4.69, 9.17) is 5.11 Å². The molecule has 0 saturated carbocycles. The van der Waals surface area contributed by atoms with Crippen molar-refractivity contribution in [3.8, 4) is 0 Å². The molecule has 2 amide bonds. The summed E-state index contributed by atoms with van der Waals surface area (Å²) in [5.41, 5.74) is 1.85. The van der Waals surface area contributed by atoms with Gasteiger partial charge in [-0.15, -0.1) is 0 Å². The fourth-order valence-corrected chi connectivity index (χ4v) is 2.86. The van der Waals surface area contributed by atoms with E-state index in [1.165, 1.54) is 6.92 Å². The van der Waals surface area contributed by atoms with Crippen LogP contribution in [0.5, 0.6) is 0 Å². The van der Waals surface area contributed by atoms with Crippen molar-refractivity contribution in [3.63, 3.8) is 0 Å². The average molecular weight is 332 g/mol. The Bertz CT molecular complexity index is 656. The molecule has 6 heteroatoms. The van der Waals surface area contributed by atoms with E-state index in [1.807, 2.05) is 4.90 Å². The Labute approximate surface area is 141 Å². The molecular weight excluding hydrogens is 308 g/mol. The Morgan fingerprint density at radius 2 is 2.00 bits per heavy atom. The van der Waals surface area contributed by atoms with Gasteiger partial charge in [-0.1, -0.05) is 0 Å². The van der Waals surface area contributed by atoms with Crippen molar-refractivity contribution in [2.24, 2.45) is 5.92 Å². The van der Waals surface area contributed by atoms with E-state index in [2.05, 4.69) is 12.2 Å². The standard InChI is InChI=1S/C18H24N2O4/c1-11-10-14(17(22)20-9-5-4-6-12(20)2)7-8-15(11)19-16(21)13(3)18(23)24/h7-8,10,12-13H,4-6,9H2,1-3H3,(H,19,21)(H,23,24). The van der Waals surface area contributed by atoms with Gasteiger partial charge in [0.1, 0.15) is 5.92 Å². The van der Waals surface area contributed by atoms with Crippen LogP contribution < -0.4 is 5.32 Å². The first-order chi connectivity index (χ1) is 11.3. The second kappa shape index (κ2) is 7.47. The van der Waals surface area contributed by atoms with Gasteiger partial charge in [-0.2, -0.15) is 0 Å². The summed E-state index contributed by atoms with van der Waals surface area (Å²) in [5.74, 6) is -2.87. The number of piperidine rings is 1. The summed E-state index contributed by atoms with van der Waals surface area (Å²) >= 11 is 0. The Balaban J connectivity index is 2.13. The van der Waals surface area contributed by atoms with Gasteiger partial charge >= 0.3 is 5.97 Å². The molecule has 1 fully saturated rings. The van der Waals surface area contributed by atoms with E-state index < -0.39 is 17.8 Å². The number of nitrogens with one attached hydrogen (secondary N) is 1. The van der Waals surface area contributed by atoms with Crippen LogP contribution in [0.2, 0.25) is 0 Å². The van der Waals surface area contributed by atoms with Gasteiger partial charge < -0.3 is 15.3 Å². The molecule has 130 valence electrons. The lowest BCUT2D eigenvalue weighted by atomic mass is 10.0. The van der Waals surface area contributed by atoms with E-state index in [1.54, 1.807) is 25.1 Å². The second-order valence-electron chi connectivity index (χ2n) is 6.42. The highest BCUT2D eigenvalue weighted by Gasteiger charge is 2.25. The molecule has 2 rings (SSSR count). The Hall–Kier alpha value is -2.37. The van der Waals surface area contributed by atoms with Crippen LogP contribution in [0.1, 0.15) is 49.0 Å². The van der Waals surface area contributed by atoms with Crippen molar-refractivity contribution in [3.05, 3.63) is 29.3 Å². The van der Waals surface area contributed by atoms with Crippen LogP contribution in [0, 0.1) is 12.8 Å². The molecule has 0 radical (unpaired) electrons. The van der Waals surface area contributed by atoms with Gasteiger partial charge in [0.2, 0.25) is 5.91 Å². The third kappa shape index (κ3) is 3.93. The second-order valence-corrected chi connectivity index (χ2v) is 6.42. The highest BCUT2D eigenvalue weighted by atomic mass is 16.4. The largest absolute Gasteiger partial charge is 0.481 e. The highest BCUT2D eigenvalue weighted by molar-refractivity contribution is 6.04. The lowest BCUT2D eigenvalue weighted by Crippen LogP contribution is -2.42. The maximum Gasteiger partial charge on any atom is 0.315 e. The third-order valence-electron chi connectivity index (χ3n) is 4.56. The van der Waals surface area contributed by atoms with Crippen LogP contribution in [0.15, 0.2) is 18.2 Å². The molecule has 0 spiro atoms. The summed E-state index contributed by atoms with van der Waals surface area (Å²) in [6.45, 7) is 5.96. The monoisotopic (exact) mass is 332 g/mol. The number of carboxylic acids is 1. The summed E-state index contributed by atoms with van der Waals surface area (Å²) in [6.07, 6.45) is 3.19. The van der Waals surface area contributed by atoms with Crippen molar-refractivity contribution in [2.75, 3.05) is 11.9 Å². The Morgan fingerprint density at radius 3 is 2.58 bits per heavy atom. The number of aliphatic carboxylic acids is 1. The van der Waals surface area contributed by atoms with Crippen LogP contribution >= 0.6 is 0 Å². The fraction of sp³-hybridized carbons (Fsp3) is 0.500. The van der Waals surface area contributed by atoms with Gasteiger partial charge in [-0.05, 0) is 63.8 Å². The molecule has 1 aliphatic heterocycles. The molecule has 0 aliphatic carbocycles. The zero-order valence-corrected chi connectivity index (χ0v) is 14.3. The van der Waals surface area contributed by atoms with E-state index in [-0.39, 0.29) is 11.9 Å². The first-order valence-electron chi connectivity index (χ1n) is 8.26. The molecule has 2 atom stereocenters. The predicted octanol–water partition coefficient (Wildman–Crippen LogP) is 2.67. The molecule has 0 bridgehead atoms. The van der Waals surface area contributed by atoms with E-state index in [0.29, 0.717) is 11.3 Å². The molecule has 0 aromatic heterocycles. The van der Waals surface area contributed by atoms with Crippen molar-refractivity contribution in [1.82, 2.24) is 4.90 Å². The number of rotatable bonds is 4. The number of hydrogen-bond acceptors (Lipinski definition) is 3. The molecule has 2 N–H and O–H groups in total. The lowest BCUT2D eigenvalue weighted by Gasteiger charge is -2.33. The van der Waals surface area contributed by atoms with Crippen molar-refractivity contribution >= 4 is 23.5 Å². The third-order valence-corrected chi connectivity index (χ3v) is 4.56. The van der Waals surface area contributed by atoms with E-state index in [0.717, 1.165) is 31.4 Å². The molecule has 1 saturated heterocycles. The number of carboxylic acid groups (broad SMARTS) is 1. The number of nitrogens with zero attached hydrogens (tertiary/aromatic N) is 1. The minimum atomic E-state index is -1.17. The number of hydrogen-bond donors (Lipinski definition) is 2. The van der Waals surface area contributed by atoms with Crippen LogP contribution in [-0.4, -0.2) is 40.4 Å². The quantitative estimate of drug-likeness (QED) is 0.830. The number of likely N-dealkylation sites (tertiary alicyclic amines) is 1. The van der Waals surface area contributed by atoms with Gasteiger partial charge in [-0.25, -0.2) is 0 Å². The van der Waals surface area contributed by atoms with Crippen LogP contribution in [-0.2, 0) is 9.59 Å². The first-order valence-corrected chi connectivity index (χ1v) is 8.26. The molecule has 24 heavy (non-hydrogen) atoms. The molecule has 2 unspecified atom stereocenters. The lowest BCUT2D eigenvalue weighted by molar-refractivity contribution is -0.144. The van der Waals surface area contributed by atoms with Crippen molar-refractivity contribution in [2.45, 2.75) is 46.1 Å². The maximum absolute atomic E-state index is 12.7. The number of carbonyl (C=O) groups is 3. The number of amides is 2. The molecule has 1 aromatic rings. The zero-order chi connectivity index (χ0) is 17.9. The summed E-state index contributed by atoms with van der Waals surface area (Å²) < 4.78 is 0. The summed E-state index contributed by atoms with van der Waals surface area (Å²) in [5, 5.41) is 11.5. The van der Waals surface area contributed by atoms with Crippen molar-refractivity contribution < 1.29 is 19.5 Å². The first kappa shape index (κ1) is 18.0. The molecule has 6 nitrogen and oxygen atoms in total. The molecule has 1 heterocycles. The summed E-state index contributed by atoms with van der Waals surface area (Å²) in [7, 11) is 0. The predicted molar refractivity (Wildman–Crippen MR) is 91.0 cm³/mol. The minimum absolute atomic E-state index is 0.00193. The molecular formula is C18H24N2O4. The van der Waals surface area contributed by atoms with E-state index >= 15 is 0 Å². The SMILES string of the molecule is Cc1cc(C(=O)N2CCCCC2C)ccc1NC(=O)C(C)C(=O)O. The van der Waals surface area contributed by atoms with Crippen molar-refractivity contribution in [1.29, 1.82) is 0 Å². The minimum Gasteiger partial charge on any atom is -0.481 e. The number of anilines is 1.